The molecule has 9 nitrogen and oxygen atoms in total. The van der Waals surface area contributed by atoms with Gasteiger partial charge >= 0.3 is 5.97 Å². The molecule has 5 atom stereocenters. The number of ether oxygens (including phenoxy) is 2. The molecular weight excluding hydrogens is 438 g/mol. The number of hydrogen-bond donors (Lipinski definition) is 2. The molecule has 4 rings (SSSR count). The zero-order chi connectivity index (χ0) is 24.2. The first-order valence-corrected chi connectivity index (χ1v) is 12.2. The average molecular weight is 472 g/mol. The van der Waals surface area contributed by atoms with E-state index in [1.807, 2.05) is 19.1 Å². The average Bonchev–Trinajstić information content (AvgIpc) is 3.37. The zero-order valence-electron chi connectivity index (χ0n) is 19.7. The standard InChI is InChI=1S/C25H33N3O6/c1-3-33-25-19(14-21(29)34-25)27-23(31)20-12-11-17-9-4-5-10-18(24(32)28(17)20)26-22(30)16-8-6-7-15(2)13-16/h6-8,13,17-20,25H,3-5,9-12,14H2,1-2H3,(H,26,30)(H,27,31)/t17-,18-,19?,20-,25?/m0/s1. The second-order valence-electron chi connectivity index (χ2n) is 9.31. The summed E-state index contributed by atoms with van der Waals surface area (Å²) in [5.74, 6) is -1.24. The Morgan fingerprint density at radius 3 is 2.68 bits per heavy atom. The maximum absolute atomic E-state index is 13.6. The van der Waals surface area contributed by atoms with Gasteiger partial charge < -0.3 is 25.0 Å². The SMILES string of the molecule is CCOC1OC(=O)CC1NC(=O)[C@@H]1CC[C@@H]2CCCC[C@H](NC(=O)c3cccc(C)c3)C(=O)N21. The Bertz CT molecular complexity index is 950. The molecule has 3 fully saturated rings. The second kappa shape index (κ2) is 10.5. The Morgan fingerprint density at radius 2 is 1.91 bits per heavy atom. The van der Waals surface area contributed by atoms with E-state index in [9.17, 15) is 19.2 Å². The summed E-state index contributed by atoms with van der Waals surface area (Å²) in [6.07, 6.45) is 3.63. The van der Waals surface area contributed by atoms with Gasteiger partial charge in [-0.25, -0.2) is 0 Å². The van der Waals surface area contributed by atoms with Crippen molar-refractivity contribution in [3.63, 3.8) is 0 Å². The summed E-state index contributed by atoms with van der Waals surface area (Å²) in [6.45, 7) is 4.05. The normalized spacial score (nSPS) is 29.1. The highest BCUT2D eigenvalue weighted by atomic mass is 16.7. The molecule has 0 aliphatic carbocycles. The van der Waals surface area contributed by atoms with Gasteiger partial charge in [-0.1, -0.05) is 30.5 Å². The first kappa shape index (κ1) is 24.2. The lowest BCUT2D eigenvalue weighted by atomic mass is 9.98. The van der Waals surface area contributed by atoms with E-state index in [1.165, 1.54) is 0 Å². The number of nitrogens with zero attached hydrogens (tertiary/aromatic N) is 1. The maximum Gasteiger partial charge on any atom is 0.310 e. The molecule has 1 aromatic rings. The molecule has 0 radical (unpaired) electrons. The van der Waals surface area contributed by atoms with Crippen LogP contribution in [0.3, 0.4) is 0 Å². The number of aryl methyl sites for hydroxylation is 1. The molecule has 0 bridgehead atoms. The minimum absolute atomic E-state index is 0.0360. The van der Waals surface area contributed by atoms with Crippen LogP contribution in [0.4, 0.5) is 0 Å². The number of fused-ring (bicyclic) bond motifs is 1. The van der Waals surface area contributed by atoms with Gasteiger partial charge in [-0.3, -0.25) is 19.2 Å². The lowest BCUT2D eigenvalue weighted by molar-refractivity contribution is -0.164. The highest BCUT2D eigenvalue weighted by Gasteiger charge is 2.45. The quantitative estimate of drug-likeness (QED) is 0.612. The van der Waals surface area contributed by atoms with Crippen molar-refractivity contribution in [3.05, 3.63) is 35.4 Å². The Kier molecular flexibility index (Phi) is 7.50. The summed E-state index contributed by atoms with van der Waals surface area (Å²) in [5.41, 5.74) is 1.47. The molecule has 3 aliphatic heterocycles. The molecule has 184 valence electrons. The molecule has 3 amide bonds. The van der Waals surface area contributed by atoms with Crippen LogP contribution in [0, 0.1) is 6.92 Å². The van der Waals surface area contributed by atoms with Gasteiger partial charge in [-0.05, 0) is 51.7 Å². The van der Waals surface area contributed by atoms with Gasteiger partial charge in [-0.15, -0.1) is 0 Å². The van der Waals surface area contributed by atoms with E-state index in [-0.39, 0.29) is 30.2 Å². The lowest BCUT2D eigenvalue weighted by Gasteiger charge is -2.35. The number of benzene rings is 1. The largest absolute Gasteiger partial charge is 0.433 e. The van der Waals surface area contributed by atoms with E-state index >= 15 is 0 Å². The van der Waals surface area contributed by atoms with Crippen LogP contribution < -0.4 is 10.6 Å². The molecule has 2 unspecified atom stereocenters. The number of rotatable bonds is 6. The van der Waals surface area contributed by atoms with Crippen molar-refractivity contribution in [2.75, 3.05) is 6.61 Å². The Morgan fingerprint density at radius 1 is 1.12 bits per heavy atom. The molecule has 1 aromatic carbocycles. The molecule has 0 saturated carbocycles. The number of cyclic esters (lactones) is 1. The van der Waals surface area contributed by atoms with Crippen LogP contribution in [0.2, 0.25) is 0 Å². The molecular formula is C25H33N3O6. The minimum Gasteiger partial charge on any atom is -0.433 e. The summed E-state index contributed by atoms with van der Waals surface area (Å²) >= 11 is 0. The Hall–Kier alpha value is -2.94. The topological polar surface area (TPSA) is 114 Å². The highest BCUT2D eigenvalue weighted by molar-refractivity contribution is 5.98. The Labute approximate surface area is 199 Å². The number of esters is 1. The fraction of sp³-hybridized carbons (Fsp3) is 0.600. The highest BCUT2D eigenvalue weighted by Crippen LogP contribution is 2.32. The predicted molar refractivity (Wildman–Crippen MR) is 123 cm³/mol. The molecule has 34 heavy (non-hydrogen) atoms. The van der Waals surface area contributed by atoms with E-state index in [2.05, 4.69) is 10.6 Å². The fourth-order valence-electron chi connectivity index (χ4n) is 5.20. The summed E-state index contributed by atoms with van der Waals surface area (Å²) in [7, 11) is 0. The van der Waals surface area contributed by atoms with Crippen LogP contribution in [0.15, 0.2) is 24.3 Å². The summed E-state index contributed by atoms with van der Waals surface area (Å²) in [4.78, 5) is 53.1. The second-order valence-corrected chi connectivity index (χ2v) is 9.31. The molecule has 3 heterocycles. The van der Waals surface area contributed by atoms with Crippen LogP contribution in [0.5, 0.6) is 0 Å². The van der Waals surface area contributed by atoms with Gasteiger partial charge in [0.15, 0.2) is 0 Å². The van der Waals surface area contributed by atoms with Gasteiger partial charge in [0.25, 0.3) is 5.91 Å². The van der Waals surface area contributed by atoms with Gasteiger partial charge in [0.2, 0.25) is 18.1 Å². The molecule has 3 aliphatic rings. The monoisotopic (exact) mass is 471 g/mol. The third-order valence-corrected chi connectivity index (χ3v) is 6.84. The van der Waals surface area contributed by atoms with Gasteiger partial charge in [0, 0.05) is 18.2 Å². The van der Waals surface area contributed by atoms with Crippen molar-refractivity contribution in [3.8, 4) is 0 Å². The van der Waals surface area contributed by atoms with Gasteiger partial charge in [-0.2, -0.15) is 0 Å². The molecule has 2 N–H and O–H groups in total. The van der Waals surface area contributed by atoms with E-state index in [0.29, 0.717) is 25.0 Å². The van der Waals surface area contributed by atoms with Crippen molar-refractivity contribution < 1.29 is 28.7 Å². The fourth-order valence-corrected chi connectivity index (χ4v) is 5.20. The third kappa shape index (κ3) is 5.24. The van der Waals surface area contributed by atoms with Crippen molar-refractivity contribution in [1.82, 2.24) is 15.5 Å². The van der Waals surface area contributed by atoms with Crippen molar-refractivity contribution in [1.29, 1.82) is 0 Å². The van der Waals surface area contributed by atoms with Crippen LogP contribution in [-0.2, 0) is 23.9 Å². The van der Waals surface area contributed by atoms with Gasteiger partial charge in [0.1, 0.15) is 18.1 Å². The first-order chi connectivity index (χ1) is 16.4. The number of carbonyl (C=O) groups is 4. The zero-order valence-corrected chi connectivity index (χ0v) is 19.7. The summed E-state index contributed by atoms with van der Waals surface area (Å²) in [6, 6.07) is 5.29. The van der Waals surface area contributed by atoms with E-state index < -0.39 is 30.4 Å². The van der Waals surface area contributed by atoms with Crippen LogP contribution >= 0.6 is 0 Å². The Balaban J connectivity index is 1.47. The van der Waals surface area contributed by atoms with E-state index in [4.69, 9.17) is 9.47 Å². The molecule has 0 aromatic heterocycles. The van der Waals surface area contributed by atoms with Crippen LogP contribution in [-0.4, -0.2) is 65.7 Å². The summed E-state index contributed by atoms with van der Waals surface area (Å²) < 4.78 is 10.6. The molecule has 0 spiro atoms. The van der Waals surface area contributed by atoms with Crippen molar-refractivity contribution in [2.45, 2.75) is 89.3 Å². The van der Waals surface area contributed by atoms with Crippen LogP contribution in [0.1, 0.15) is 67.8 Å². The number of amides is 3. The van der Waals surface area contributed by atoms with E-state index in [1.54, 1.807) is 24.0 Å². The summed E-state index contributed by atoms with van der Waals surface area (Å²) in [5, 5.41) is 5.78. The number of nitrogens with one attached hydrogen (secondary N) is 2. The number of hydrogen-bond acceptors (Lipinski definition) is 6. The third-order valence-electron chi connectivity index (χ3n) is 6.84. The first-order valence-electron chi connectivity index (χ1n) is 12.2. The molecule has 9 heteroatoms. The lowest BCUT2D eigenvalue weighted by Crippen LogP contribution is -2.57. The minimum atomic E-state index is -0.817. The van der Waals surface area contributed by atoms with Crippen LogP contribution in [0.25, 0.3) is 0 Å². The van der Waals surface area contributed by atoms with Crippen molar-refractivity contribution in [2.24, 2.45) is 0 Å². The maximum atomic E-state index is 13.6. The van der Waals surface area contributed by atoms with E-state index in [0.717, 1.165) is 31.2 Å². The number of carbonyl (C=O) groups excluding carboxylic acids is 4. The predicted octanol–water partition coefficient (Wildman–Crippen LogP) is 1.82. The van der Waals surface area contributed by atoms with Gasteiger partial charge in [0.05, 0.1) is 6.42 Å². The smallest absolute Gasteiger partial charge is 0.310 e. The molecule has 3 saturated heterocycles. The van der Waals surface area contributed by atoms with Crippen molar-refractivity contribution >= 4 is 23.7 Å².